The van der Waals surface area contributed by atoms with E-state index in [0.717, 1.165) is 16.0 Å². The largest absolute Gasteiger partial charge is 0.497 e. The van der Waals surface area contributed by atoms with Gasteiger partial charge in [0.2, 0.25) is 5.91 Å². The minimum atomic E-state index is -0.327. The lowest BCUT2D eigenvalue weighted by Crippen LogP contribution is -2.14. The third kappa shape index (κ3) is 4.00. The van der Waals surface area contributed by atoms with Gasteiger partial charge in [-0.25, -0.2) is 14.4 Å². The summed E-state index contributed by atoms with van der Waals surface area (Å²) >= 11 is 2.65. The number of aromatic nitrogens is 3. The van der Waals surface area contributed by atoms with Crippen LogP contribution in [0.2, 0.25) is 0 Å². The number of nitrogens with zero attached hydrogens (tertiary/aromatic N) is 3. The Morgan fingerprint density at radius 1 is 1.32 bits per heavy atom. The van der Waals surface area contributed by atoms with Crippen LogP contribution in [0.1, 0.15) is 0 Å². The number of imidazole rings is 1. The first kappa shape index (κ1) is 18.5. The smallest absolute Gasteiger partial charge is 0.236 e. The van der Waals surface area contributed by atoms with Crippen LogP contribution in [0.5, 0.6) is 5.75 Å². The van der Waals surface area contributed by atoms with Crippen molar-refractivity contribution < 1.29 is 13.9 Å². The summed E-state index contributed by atoms with van der Waals surface area (Å²) in [7, 11) is 1.61. The zero-order valence-electron chi connectivity index (χ0n) is 14.8. The molecule has 0 fully saturated rings. The Bertz CT molecular complexity index is 1140. The number of amides is 1. The molecule has 0 saturated heterocycles. The van der Waals surface area contributed by atoms with E-state index in [1.807, 2.05) is 18.2 Å². The second-order valence-electron chi connectivity index (χ2n) is 5.75. The highest BCUT2D eigenvalue weighted by molar-refractivity contribution is 7.99. The van der Waals surface area contributed by atoms with Crippen molar-refractivity contribution >= 4 is 44.4 Å². The topological polar surface area (TPSA) is 69.0 Å². The van der Waals surface area contributed by atoms with Crippen LogP contribution in [0.15, 0.2) is 60.0 Å². The predicted octanol–water partition coefficient (Wildman–Crippen LogP) is 4.36. The molecule has 4 aromatic rings. The van der Waals surface area contributed by atoms with Crippen molar-refractivity contribution in [3.63, 3.8) is 0 Å². The molecule has 0 spiro atoms. The van der Waals surface area contributed by atoms with E-state index in [9.17, 15) is 9.18 Å². The average Bonchev–Trinajstić information content (AvgIpc) is 3.31. The van der Waals surface area contributed by atoms with Crippen molar-refractivity contribution in [3.8, 4) is 11.4 Å². The zero-order valence-corrected chi connectivity index (χ0v) is 16.4. The van der Waals surface area contributed by atoms with Crippen LogP contribution in [0, 0.1) is 5.82 Å². The van der Waals surface area contributed by atoms with Gasteiger partial charge in [0.1, 0.15) is 11.6 Å². The number of fused-ring (bicyclic) bond motifs is 1. The second kappa shape index (κ2) is 7.99. The maximum Gasteiger partial charge on any atom is 0.236 e. The molecule has 9 heteroatoms. The summed E-state index contributed by atoms with van der Waals surface area (Å²) in [4.78, 5) is 21.0. The molecular formula is C19H15FN4O2S2. The molecule has 1 amide bonds. The monoisotopic (exact) mass is 414 g/mol. The van der Waals surface area contributed by atoms with Crippen LogP contribution in [0.3, 0.4) is 0 Å². The van der Waals surface area contributed by atoms with E-state index in [2.05, 4.69) is 15.3 Å². The molecule has 2 aromatic carbocycles. The number of benzene rings is 2. The number of carbonyl (C=O) groups excluding carboxylic acids is 1. The van der Waals surface area contributed by atoms with Gasteiger partial charge in [0.15, 0.2) is 10.3 Å². The minimum Gasteiger partial charge on any atom is -0.497 e. The first-order valence-corrected chi connectivity index (χ1v) is 10.1. The lowest BCUT2D eigenvalue weighted by atomic mass is 10.3. The molecule has 0 atom stereocenters. The highest BCUT2D eigenvalue weighted by atomic mass is 32.2. The third-order valence-corrected chi connectivity index (χ3v) is 5.77. The Labute approximate surface area is 168 Å². The van der Waals surface area contributed by atoms with Gasteiger partial charge >= 0.3 is 0 Å². The summed E-state index contributed by atoms with van der Waals surface area (Å²) < 4.78 is 21.3. The van der Waals surface area contributed by atoms with Gasteiger partial charge in [-0.1, -0.05) is 29.2 Å². The Hall–Kier alpha value is -2.91. The highest BCUT2D eigenvalue weighted by Crippen LogP contribution is 2.29. The first-order valence-electron chi connectivity index (χ1n) is 8.29. The molecule has 1 N–H and O–H groups in total. The molecule has 0 bridgehead atoms. The van der Waals surface area contributed by atoms with Crippen LogP contribution in [-0.4, -0.2) is 33.3 Å². The molecule has 0 aliphatic rings. The number of nitrogens with one attached hydrogen (secondary N) is 1. The van der Waals surface area contributed by atoms with E-state index < -0.39 is 0 Å². The molecule has 142 valence electrons. The molecule has 2 aromatic heterocycles. The Kier molecular flexibility index (Phi) is 5.27. The number of ether oxygens (including phenoxy) is 1. The number of carbonyl (C=O) groups is 1. The molecule has 0 aliphatic carbocycles. The number of thiazole rings is 1. The van der Waals surface area contributed by atoms with E-state index in [0.29, 0.717) is 16.0 Å². The third-order valence-electron chi connectivity index (χ3n) is 3.87. The molecule has 6 nitrogen and oxygen atoms in total. The van der Waals surface area contributed by atoms with Crippen molar-refractivity contribution in [2.75, 3.05) is 18.2 Å². The molecule has 0 aliphatic heterocycles. The van der Waals surface area contributed by atoms with Gasteiger partial charge in [0.05, 0.1) is 28.8 Å². The molecule has 0 radical (unpaired) electrons. The fourth-order valence-corrected chi connectivity index (χ4v) is 4.27. The summed E-state index contributed by atoms with van der Waals surface area (Å²) in [6.45, 7) is 0. The van der Waals surface area contributed by atoms with Crippen molar-refractivity contribution in [2.45, 2.75) is 5.16 Å². The summed E-state index contributed by atoms with van der Waals surface area (Å²) in [6, 6.07) is 11.8. The van der Waals surface area contributed by atoms with Crippen molar-refractivity contribution in [3.05, 3.63) is 60.7 Å². The van der Waals surface area contributed by atoms with E-state index >= 15 is 0 Å². The molecule has 4 rings (SSSR count). The van der Waals surface area contributed by atoms with Crippen LogP contribution >= 0.6 is 23.1 Å². The van der Waals surface area contributed by atoms with Gasteiger partial charge in [0.25, 0.3) is 0 Å². The fourth-order valence-electron chi connectivity index (χ4n) is 2.59. The van der Waals surface area contributed by atoms with Crippen LogP contribution < -0.4 is 10.1 Å². The highest BCUT2D eigenvalue weighted by Gasteiger charge is 2.12. The Balaban J connectivity index is 1.42. The number of halogens is 1. The summed E-state index contributed by atoms with van der Waals surface area (Å²) in [6.07, 6.45) is 3.35. The number of hydrogen-bond acceptors (Lipinski definition) is 6. The predicted molar refractivity (Wildman–Crippen MR) is 109 cm³/mol. The number of anilines is 1. The summed E-state index contributed by atoms with van der Waals surface area (Å²) in [5, 5.41) is 3.95. The quantitative estimate of drug-likeness (QED) is 0.475. The van der Waals surface area contributed by atoms with Gasteiger partial charge in [-0.3, -0.25) is 9.36 Å². The Morgan fingerprint density at radius 2 is 2.21 bits per heavy atom. The standard InChI is InChI=1S/C19H15FN4O2S2/c1-26-14-5-6-15-16(10-14)28-18(22-15)23-17(25)11-27-19-21-7-8-24(19)13-4-2-3-12(20)9-13/h2-10H,11H2,1H3,(H,22,23,25). The van der Waals surface area contributed by atoms with Crippen LogP contribution in [0.25, 0.3) is 15.9 Å². The van der Waals surface area contributed by atoms with Gasteiger partial charge in [-0.2, -0.15) is 0 Å². The molecular weight excluding hydrogens is 399 g/mol. The maximum atomic E-state index is 13.5. The number of thioether (sulfide) groups is 1. The van der Waals surface area contributed by atoms with Crippen molar-refractivity contribution in [1.82, 2.24) is 14.5 Å². The average molecular weight is 414 g/mol. The summed E-state index contributed by atoms with van der Waals surface area (Å²) in [5.74, 6) is 0.386. The second-order valence-corrected chi connectivity index (χ2v) is 7.72. The van der Waals surface area contributed by atoms with Gasteiger partial charge in [0, 0.05) is 12.4 Å². The van der Waals surface area contributed by atoms with E-state index in [4.69, 9.17) is 4.74 Å². The minimum absolute atomic E-state index is 0.158. The van der Waals surface area contributed by atoms with E-state index in [1.54, 1.807) is 36.2 Å². The molecule has 0 saturated carbocycles. The number of hydrogen-bond donors (Lipinski definition) is 1. The number of rotatable bonds is 6. The normalized spacial score (nSPS) is 10.9. The molecule has 2 heterocycles. The lowest BCUT2D eigenvalue weighted by molar-refractivity contribution is -0.113. The van der Waals surface area contributed by atoms with Gasteiger partial charge in [-0.05, 0) is 36.4 Å². The lowest BCUT2D eigenvalue weighted by Gasteiger charge is -2.07. The molecule has 28 heavy (non-hydrogen) atoms. The van der Waals surface area contributed by atoms with Crippen molar-refractivity contribution in [2.24, 2.45) is 0 Å². The van der Waals surface area contributed by atoms with E-state index in [1.165, 1.54) is 35.2 Å². The Morgan fingerprint density at radius 3 is 3.04 bits per heavy atom. The van der Waals surface area contributed by atoms with Crippen LogP contribution in [-0.2, 0) is 4.79 Å². The summed E-state index contributed by atoms with van der Waals surface area (Å²) in [5.41, 5.74) is 1.45. The van der Waals surface area contributed by atoms with E-state index in [-0.39, 0.29) is 17.5 Å². The fraction of sp³-hybridized carbons (Fsp3) is 0.105. The number of methoxy groups -OCH3 is 1. The van der Waals surface area contributed by atoms with Gasteiger partial charge in [-0.15, -0.1) is 0 Å². The maximum absolute atomic E-state index is 13.5. The zero-order chi connectivity index (χ0) is 19.5. The van der Waals surface area contributed by atoms with Gasteiger partial charge < -0.3 is 10.1 Å². The first-order chi connectivity index (χ1) is 13.6. The molecule has 0 unspecified atom stereocenters. The van der Waals surface area contributed by atoms with Crippen molar-refractivity contribution in [1.29, 1.82) is 0 Å². The SMILES string of the molecule is COc1ccc2nc(NC(=O)CSc3nccn3-c3cccc(F)c3)sc2c1. The van der Waals surface area contributed by atoms with Crippen LogP contribution in [0.4, 0.5) is 9.52 Å².